The number of carbonyl (C=O) groups is 2. The summed E-state index contributed by atoms with van der Waals surface area (Å²) < 4.78 is 5.71. The highest BCUT2D eigenvalue weighted by atomic mass is 32.1. The summed E-state index contributed by atoms with van der Waals surface area (Å²) in [6, 6.07) is 2.10. The second-order valence-electron chi connectivity index (χ2n) is 5.35. The molecule has 0 unspecified atom stereocenters. The molecule has 24 heavy (non-hydrogen) atoms. The van der Waals surface area contributed by atoms with E-state index in [1.54, 1.807) is 4.90 Å². The van der Waals surface area contributed by atoms with Gasteiger partial charge in [0.2, 0.25) is 5.91 Å². The van der Waals surface area contributed by atoms with Gasteiger partial charge in [0.15, 0.2) is 7.05 Å². The van der Waals surface area contributed by atoms with E-state index in [2.05, 4.69) is 21.2 Å². The van der Waals surface area contributed by atoms with Crippen LogP contribution >= 0.6 is 11.3 Å². The monoisotopic (exact) mass is 348 g/mol. The molecule has 0 fully saturated rings. The Kier molecular flexibility index (Phi) is 3.94. The van der Waals surface area contributed by atoms with Gasteiger partial charge in [-0.25, -0.2) is 4.79 Å². The van der Waals surface area contributed by atoms with Crippen LogP contribution in [0.25, 0.3) is 0 Å². The number of nitrogens with zero attached hydrogens (tertiary/aromatic N) is 3. The smallest absolute Gasteiger partial charge is 0.337 e. The Morgan fingerprint density at radius 1 is 1.50 bits per heavy atom. The van der Waals surface area contributed by atoms with Crippen molar-refractivity contribution in [1.29, 1.82) is 5.26 Å². The van der Waals surface area contributed by atoms with Crippen molar-refractivity contribution in [3.63, 3.8) is 0 Å². The van der Waals surface area contributed by atoms with Crippen molar-refractivity contribution in [2.24, 2.45) is 7.05 Å². The van der Waals surface area contributed by atoms with E-state index < -0.39 is 11.5 Å². The van der Waals surface area contributed by atoms with E-state index in [0.29, 0.717) is 30.1 Å². The fourth-order valence-corrected chi connectivity index (χ4v) is 3.84. The molecule has 0 bridgehead atoms. The van der Waals surface area contributed by atoms with Gasteiger partial charge in [-0.15, -0.1) is 11.3 Å². The lowest BCUT2D eigenvalue weighted by Gasteiger charge is -2.25. The van der Waals surface area contributed by atoms with E-state index in [1.165, 1.54) is 25.3 Å². The Morgan fingerprint density at radius 2 is 2.25 bits per heavy atom. The second-order valence-corrected chi connectivity index (χ2v) is 6.46. The predicted molar refractivity (Wildman–Crippen MR) is 82.3 cm³/mol. The summed E-state index contributed by atoms with van der Waals surface area (Å²) in [7, 11) is 1.47. The minimum atomic E-state index is -0.794. The van der Waals surface area contributed by atoms with Crippen molar-refractivity contribution in [2.45, 2.75) is 19.9 Å². The summed E-state index contributed by atoms with van der Waals surface area (Å²) in [6.45, 7) is 2.45. The molecule has 10 heteroatoms. The molecule has 9 nitrogen and oxygen atoms in total. The third-order valence-electron chi connectivity index (χ3n) is 3.86. The quantitative estimate of drug-likeness (QED) is 0.733. The molecule has 3 rings (SSSR count). The van der Waals surface area contributed by atoms with Crippen LogP contribution in [-0.2, 0) is 24.8 Å². The molecule has 0 saturated heterocycles. The van der Waals surface area contributed by atoms with Gasteiger partial charge in [0.1, 0.15) is 11.1 Å². The van der Waals surface area contributed by atoms with Gasteiger partial charge in [-0.2, -0.15) is 5.26 Å². The van der Waals surface area contributed by atoms with Gasteiger partial charge >= 0.3 is 17.2 Å². The third kappa shape index (κ3) is 2.59. The molecule has 0 aromatic carbocycles. The fourth-order valence-electron chi connectivity index (χ4n) is 2.63. The molecule has 3 heterocycles. The number of aromatic amines is 1. The Hall–Kier alpha value is -2.93. The van der Waals surface area contributed by atoms with E-state index >= 15 is 0 Å². The maximum atomic E-state index is 12.3. The number of H-pyrrole nitrogens is 1. The Morgan fingerprint density at radius 3 is 2.83 bits per heavy atom. The number of rotatable bonds is 2. The van der Waals surface area contributed by atoms with E-state index in [0.717, 1.165) is 15.1 Å². The molecular weight excluding hydrogens is 334 g/mol. The van der Waals surface area contributed by atoms with Crippen molar-refractivity contribution in [3.8, 4) is 6.07 Å². The van der Waals surface area contributed by atoms with Crippen LogP contribution in [0.2, 0.25) is 0 Å². The van der Waals surface area contributed by atoms with Crippen LogP contribution in [0.1, 0.15) is 33.4 Å². The zero-order valence-electron chi connectivity index (χ0n) is 13.0. The van der Waals surface area contributed by atoms with Gasteiger partial charge < -0.3 is 10.2 Å². The first kappa shape index (κ1) is 15.9. The molecule has 0 spiro atoms. The van der Waals surface area contributed by atoms with E-state index in [1.807, 2.05) is 0 Å². The number of fused-ring (bicyclic) bond motifs is 1. The lowest BCUT2D eigenvalue weighted by molar-refractivity contribution is -0.741. The van der Waals surface area contributed by atoms with Gasteiger partial charge in [-0.05, 0) is 17.3 Å². The van der Waals surface area contributed by atoms with Gasteiger partial charge in [-0.1, -0.05) is 4.68 Å². The molecule has 2 amide bonds. The number of amides is 2. The number of nitrogens with one attached hydrogen (secondary N) is 2. The summed E-state index contributed by atoms with van der Waals surface area (Å²) in [4.78, 5) is 37.9. The second kappa shape index (κ2) is 5.93. The summed E-state index contributed by atoms with van der Waals surface area (Å²) >= 11 is 1.24. The lowest BCUT2D eigenvalue weighted by atomic mass is 10.0. The topological polar surface area (TPSA) is 123 Å². The number of carbonyl (C=O) groups excluding carboxylic acids is 2. The van der Waals surface area contributed by atoms with Crippen LogP contribution in [0.5, 0.6) is 0 Å². The number of aryl methyl sites for hydroxylation is 1. The largest absolute Gasteiger partial charge is 0.440 e. The molecule has 124 valence electrons. The van der Waals surface area contributed by atoms with Gasteiger partial charge in [0.05, 0.1) is 12.1 Å². The molecule has 2 aromatic heterocycles. The Labute approximate surface area is 140 Å². The minimum Gasteiger partial charge on any atom is -0.337 e. The summed E-state index contributed by atoms with van der Waals surface area (Å²) in [5, 5.41) is 14.7. The normalized spacial score (nSPS) is 13.3. The number of nitriles is 1. The average molecular weight is 348 g/mol. The van der Waals surface area contributed by atoms with Gasteiger partial charge in [0.25, 0.3) is 0 Å². The van der Waals surface area contributed by atoms with Crippen molar-refractivity contribution < 1.29 is 18.8 Å². The summed E-state index contributed by atoms with van der Waals surface area (Å²) in [5.41, 5.74) is 0.239. The Balaban J connectivity index is 1.93. The number of thiophene rings is 1. The predicted octanol–water partition coefficient (Wildman–Crippen LogP) is -0.118. The first-order valence-corrected chi connectivity index (χ1v) is 7.93. The number of aromatic nitrogens is 2. The minimum absolute atomic E-state index is 0.0323. The van der Waals surface area contributed by atoms with Crippen molar-refractivity contribution in [1.82, 2.24) is 10.2 Å². The standard InChI is InChI=1S/C14H13N5O4S/c1-7(20)19-4-3-8-9(5-15)13(24-10(8)6-19)16-12(21)11-14(22)23-17-18(11)2/h3-4,6H2,1-2H3,(H-,16,17,21,22)/p+1. The van der Waals surface area contributed by atoms with Crippen LogP contribution in [0, 0.1) is 11.3 Å². The van der Waals surface area contributed by atoms with E-state index in [9.17, 15) is 19.6 Å². The van der Waals surface area contributed by atoms with Crippen molar-refractivity contribution in [3.05, 3.63) is 32.1 Å². The maximum absolute atomic E-state index is 12.3. The molecule has 1 aliphatic heterocycles. The summed E-state index contributed by atoms with van der Waals surface area (Å²) in [6.07, 6.45) is 0.560. The van der Waals surface area contributed by atoms with Gasteiger partial charge in [0, 0.05) is 18.3 Å². The number of anilines is 1. The maximum Gasteiger partial charge on any atom is 0.440 e. The van der Waals surface area contributed by atoms with Gasteiger partial charge in [-0.3, -0.25) is 14.1 Å². The van der Waals surface area contributed by atoms with Crippen molar-refractivity contribution in [2.75, 3.05) is 11.9 Å². The summed E-state index contributed by atoms with van der Waals surface area (Å²) in [5.74, 6) is -0.693. The molecule has 0 atom stereocenters. The first-order chi connectivity index (χ1) is 11.4. The van der Waals surface area contributed by atoms with Crippen LogP contribution in [0.4, 0.5) is 5.00 Å². The van der Waals surface area contributed by atoms with Crippen LogP contribution in [0.3, 0.4) is 0 Å². The fraction of sp³-hybridized carbons (Fsp3) is 0.357. The highest BCUT2D eigenvalue weighted by Crippen LogP contribution is 2.36. The first-order valence-electron chi connectivity index (χ1n) is 7.11. The molecular formula is C14H14N5O4S+. The number of hydrogen-bond acceptors (Lipinski definition) is 6. The Bertz CT molecular complexity index is 932. The molecule has 2 aromatic rings. The van der Waals surface area contributed by atoms with Crippen LogP contribution < -0.4 is 15.6 Å². The third-order valence-corrected chi connectivity index (χ3v) is 4.99. The average Bonchev–Trinajstić information content (AvgIpc) is 3.05. The zero-order valence-corrected chi connectivity index (χ0v) is 13.8. The molecule has 2 N–H and O–H groups in total. The number of hydrogen-bond donors (Lipinski definition) is 2. The molecule has 0 radical (unpaired) electrons. The van der Waals surface area contributed by atoms with E-state index in [-0.39, 0.29) is 11.6 Å². The molecule has 0 saturated carbocycles. The molecule has 1 aliphatic rings. The highest BCUT2D eigenvalue weighted by Gasteiger charge is 2.30. The van der Waals surface area contributed by atoms with Crippen LogP contribution in [-0.4, -0.2) is 28.5 Å². The van der Waals surface area contributed by atoms with Crippen molar-refractivity contribution >= 4 is 28.2 Å². The SMILES string of the molecule is CC(=O)N1CCc2c(sc(NC(=O)c3c(=O)o[nH][n+]3C)c2C#N)C1. The molecule has 0 aliphatic carbocycles. The zero-order chi connectivity index (χ0) is 17.4. The lowest BCUT2D eigenvalue weighted by Crippen LogP contribution is -2.41. The van der Waals surface area contributed by atoms with Crippen LogP contribution in [0.15, 0.2) is 9.32 Å². The van der Waals surface area contributed by atoms with E-state index in [4.69, 9.17) is 0 Å². The highest BCUT2D eigenvalue weighted by molar-refractivity contribution is 7.16.